The Morgan fingerprint density at radius 1 is 1.21 bits per heavy atom. The van der Waals surface area contributed by atoms with Crippen molar-refractivity contribution in [1.82, 2.24) is 4.98 Å². The van der Waals surface area contributed by atoms with Gasteiger partial charge in [0.2, 0.25) is 5.88 Å². The summed E-state index contributed by atoms with van der Waals surface area (Å²) in [4.78, 5) is 4.08. The molecule has 1 aromatic carbocycles. The molecule has 1 heterocycles. The molecule has 1 aromatic heterocycles. The molecule has 1 N–H and O–H groups in total. The highest BCUT2D eigenvalue weighted by atomic mass is 19.1. The van der Waals surface area contributed by atoms with E-state index < -0.39 is 0 Å². The van der Waals surface area contributed by atoms with Crippen LogP contribution in [0.4, 0.5) is 10.1 Å². The summed E-state index contributed by atoms with van der Waals surface area (Å²) in [5.74, 6) is 0.374. The summed E-state index contributed by atoms with van der Waals surface area (Å²) in [6.07, 6.45) is 1.65. The van der Waals surface area contributed by atoms with E-state index in [4.69, 9.17) is 9.47 Å². The number of pyridine rings is 1. The molecule has 0 radical (unpaired) electrons. The van der Waals surface area contributed by atoms with E-state index in [-0.39, 0.29) is 11.6 Å². The molecule has 0 saturated heterocycles. The standard InChI is InChI=1S/C14H15FN2O2/c1-18-13-6-5-10(8-11(13)15)9-17-12-4-3-7-16-14(12)19-2/h3-8,17H,9H2,1-2H3. The molecule has 0 saturated carbocycles. The molecule has 0 aliphatic rings. The number of nitrogens with one attached hydrogen (secondary N) is 1. The molecular formula is C14H15FN2O2. The van der Waals surface area contributed by atoms with Crippen molar-refractivity contribution in [3.63, 3.8) is 0 Å². The Labute approximate surface area is 111 Å². The molecule has 2 rings (SSSR count). The number of ether oxygens (including phenoxy) is 2. The lowest BCUT2D eigenvalue weighted by molar-refractivity contribution is 0.386. The average molecular weight is 262 g/mol. The van der Waals surface area contributed by atoms with Gasteiger partial charge in [0, 0.05) is 12.7 Å². The quantitative estimate of drug-likeness (QED) is 0.899. The number of nitrogens with zero attached hydrogens (tertiary/aromatic N) is 1. The van der Waals surface area contributed by atoms with Crippen LogP contribution in [-0.2, 0) is 6.54 Å². The first-order chi connectivity index (χ1) is 9.24. The third-order valence-electron chi connectivity index (χ3n) is 2.66. The molecule has 0 bridgehead atoms. The number of aromatic nitrogens is 1. The van der Waals surface area contributed by atoms with Crippen molar-refractivity contribution in [3.05, 3.63) is 47.9 Å². The SMILES string of the molecule is COc1ccc(CNc2cccnc2OC)cc1F. The molecule has 4 nitrogen and oxygen atoms in total. The van der Waals surface area contributed by atoms with Gasteiger partial charge in [-0.3, -0.25) is 0 Å². The summed E-state index contributed by atoms with van der Waals surface area (Å²) in [6, 6.07) is 8.50. The Bertz CT molecular complexity index is 561. The van der Waals surface area contributed by atoms with Gasteiger partial charge in [-0.05, 0) is 29.8 Å². The predicted octanol–water partition coefficient (Wildman–Crippen LogP) is 2.85. The van der Waals surface area contributed by atoms with E-state index in [1.54, 1.807) is 31.5 Å². The van der Waals surface area contributed by atoms with Crippen molar-refractivity contribution in [2.45, 2.75) is 6.54 Å². The van der Waals surface area contributed by atoms with Gasteiger partial charge in [-0.15, -0.1) is 0 Å². The molecule has 0 spiro atoms. The lowest BCUT2D eigenvalue weighted by Gasteiger charge is -2.10. The maximum atomic E-state index is 13.5. The van der Waals surface area contributed by atoms with Gasteiger partial charge < -0.3 is 14.8 Å². The first-order valence-corrected chi connectivity index (χ1v) is 5.80. The molecule has 2 aromatic rings. The summed E-state index contributed by atoms with van der Waals surface area (Å²) in [7, 11) is 3.00. The van der Waals surface area contributed by atoms with Gasteiger partial charge in [-0.2, -0.15) is 0 Å². The maximum absolute atomic E-state index is 13.5. The van der Waals surface area contributed by atoms with Crippen LogP contribution in [0.2, 0.25) is 0 Å². The minimum Gasteiger partial charge on any atom is -0.494 e. The monoisotopic (exact) mass is 262 g/mol. The van der Waals surface area contributed by atoms with E-state index in [9.17, 15) is 4.39 Å². The van der Waals surface area contributed by atoms with Crippen molar-refractivity contribution in [2.24, 2.45) is 0 Å². The summed E-state index contributed by atoms with van der Waals surface area (Å²) in [5.41, 5.74) is 1.57. The number of benzene rings is 1. The van der Waals surface area contributed by atoms with E-state index in [0.29, 0.717) is 12.4 Å². The first-order valence-electron chi connectivity index (χ1n) is 5.80. The number of hydrogen-bond acceptors (Lipinski definition) is 4. The summed E-state index contributed by atoms with van der Waals surface area (Å²) in [6.45, 7) is 0.475. The van der Waals surface area contributed by atoms with E-state index in [1.165, 1.54) is 13.2 Å². The van der Waals surface area contributed by atoms with Crippen LogP contribution in [0.3, 0.4) is 0 Å². The zero-order chi connectivity index (χ0) is 13.7. The topological polar surface area (TPSA) is 43.4 Å². The Kier molecular flexibility index (Phi) is 4.18. The van der Waals surface area contributed by atoms with E-state index in [1.807, 2.05) is 6.07 Å². The van der Waals surface area contributed by atoms with Crippen molar-refractivity contribution in [3.8, 4) is 11.6 Å². The second-order valence-electron chi connectivity index (χ2n) is 3.88. The van der Waals surface area contributed by atoms with Crippen LogP contribution in [0.15, 0.2) is 36.5 Å². The van der Waals surface area contributed by atoms with Gasteiger partial charge in [-0.25, -0.2) is 9.37 Å². The highest BCUT2D eigenvalue weighted by Crippen LogP contribution is 2.22. The molecule has 100 valence electrons. The van der Waals surface area contributed by atoms with Crippen molar-refractivity contribution in [2.75, 3.05) is 19.5 Å². The fourth-order valence-electron chi connectivity index (χ4n) is 1.71. The van der Waals surface area contributed by atoms with Crippen LogP contribution in [0.5, 0.6) is 11.6 Å². The van der Waals surface area contributed by atoms with Gasteiger partial charge in [0.1, 0.15) is 0 Å². The van der Waals surface area contributed by atoms with Gasteiger partial charge in [-0.1, -0.05) is 6.07 Å². The molecule has 19 heavy (non-hydrogen) atoms. The molecule has 0 atom stereocenters. The summed E-state index contributed by atoms with van der Waals surface area (Å²) < 4.78 is 23.5. The number of hydrogen-bond donors (Lipinski definition) is 1. The Morgan fingerprint density at radius 3 is 2.74 bits per heavy atom. The first kappa shape index (κ1) is 13.1. The molecule has 0 fully saturated rings. The summed E-state index contributed by atoms with van der Waals surface area (Å²) >= 11 is 0. The number of anilines is 1. The van der Waals surface area contributed by atoms with Crippen LogP contribution < -0.4 is 14.8 Å². The van der Waals surface area contributed by atoms with E-state index in [2.05, 4.69) is 10.3 Å². The van der Waals surface area contributed by atoms with Gasteiger partial charge in [0.25, 0.3) is 0 Å². The highest BCUT2D eigenvalue weighted by Gasteiger charge is 2.05. The second kappa shape index (κ2) is 6.04. The van der Waals surface area contributed by atoms with E-state index >= 15 is 0 Å². The van der Waals surface area contributed by atoms with Gasteiger partial charge in [0.05, 0.1) is 19.9 Å². The molecule has 0 aliphatic heterocycles. The van der Waals surface area contributed by atoms with Crippen molar-refractivity contribution in [1.29, 1.82) is 0 Å². The van der Waals surface area contributed by atoms with Crippen molar-refractivity contribution < 1.29 is 13.9 Å². The molecule has 5 heteroatoms. The van der Waals surface area contributed by atoms with E-state index in [0.717, 1.165) is 11.3 Å². The third kappa shape index (κ3) is 3.13. The third-order valence-corrected chi connectivity index (χ3v) is 2.66. The number of halogens is 1. The predicted molar refractivity (Wildman–Crippen MR) is 71.1 cm³/mol. The van der Waals surface area contributed by atoms with Crippen molar-refractivity contribution >= 4 is 5.69 Å². The zero-order valence-electron chi connectivity index (χ0n) is 10.8. The highest BCUT2D eigenvalue weighted by molar-refractivity contribution is 5.52. The largest absolute Gasteiger partial charge is 0.494 e. The lowest BCUT2D eigenvalue weighted by Crippen LogP contribution is -2.03. The van der Waals surface area contributed by atoms with Crippen LogP contribution in [0.1, 0.15) is 5.56 Å². The minimum atomic E-state index is -0.375. The number of rotatable bonds is 5. The van der Waals surface area contributed by atoms with Gasteiger partial charge in [0.15, 0.2) is 11.6 Å². The Morgan fingerprint density at radius 2 is 2.05 bits per heavy atom. The maximum Gasteiger partial charge on any atom is 0.237 e. The van der Waals surface area contributed by atoms with Crippen LogP contribution in [0, 0.1) is 5.82 Å². The summed E-state index contributed by atoms with van der Waals surface area (Å²) in [5, 5.41) is 3.15. The van der Waals surface area contributed by atoms with Gasteiger partial charge >= 0.3 is 0 Å². The number of methoxy groups -OCH3 is 2. The Hall–Kier alpha value is -2.30. The molecule has 0 aliphatic carbocycles. The van der Waals surface area contributed by atoms with Crippen LogP contribution in [-0.4, -0.2) is 19.2 Å². The average Bonchev–Trinajstić information content (AvgIpc) is 2.45. The smallest absolute Gasteiger partial charge is 0.237 e. The minimum absolute atomic E-state index is 0.239. The normalized spacial score (nSPS) is 10.1. The molecular weight excluding hydrogens is 247 g/mol. The molecule has 0 amide bonds. The Balaban J connectivity index is 2.08. The van der Waals surface area contributed by atoms with Crippen LogP contribution in [0.25, 0.3) is 0 Å². The fraction of sp³-hybridized carbons (Fsp3) is 0.214. The van der Waals surface area contributed by atoms with Crippen LogP contribution >= 0.6 is 0 Å². The fourth-order valence-corrected chi connectivity index (χ4v) is 1.71. The second-order valence-corrected chi connectivity index (χ2v) is 3.88. The lowest BCUT2D eigenvalue weighted by atomic mass is 10.2. The molecule has 0 unspecified atom stereocenters. The zero-order valence-corrected chi connectivity index (χ0v) is 10.8.